The third kappa shape index (κ3) is 3.32. The fourth-order valence-electron chi connectivity index (χ4n) is 5.74. The number of rotatable bonds is 3. The van der Waals surface area contributed by atoms with Gasteiger partial charge in [0.2, 0.25) is 0 Å². The summed E-state index contributed by atoms with van der Waals surface area (Å²) in [4.78, 5) is 12.4. The number of esters is 1. The average molecular weight is 438 g/mol. The van der Waals surface area contributed by atoms with Crippen LogP contribution in [0.2, 0.25) is 0 Å². The number of furan rings is 1. The molecule has 1 aliphatic carbocycles. The minimum absolute atomic E-state index is 0.300. The first-order chi connectivity index (χ1) is 16.2. The number of hydrogen-bond acceptors (Lipinski definition) is 3. The fourth-order valence-corrected chi connectivity index (χ4v) is 5.74. The summed E-state index contributed by atoms with van der Waals surface area (Å²) >= 11 is 0. The quantitative estimate of drug-likeness (QED) is 0.316. The summed E-state index contributed by atoms with van der Waals surface area (Å²) in [5, 5.41) is 1.26. The third-order valence-corrected chi connectivity index (χ3v) is 7.30. The highest BCUT2D eigenvalue weighted by molar-refractivity contribution is 6.01. The SMILES string of the molecule is COC(=O)c1ccc2c(C3CCCCC3)c3n(c2c1)CC(c1ccoc1)=Cc1ccccc1-3. The number of benzene rings is 2. The molecule has 0 atom stereocenters. The maximum Gasteiger partial charge on any atom is 0.337 e. The predicted octanol–water partition coefficient (Wildman–Crippen LogP) is 7.29. The van der Waals surface area contributed by atoms with Crippen molar-refractivity contribution in [3.05, 3.63) is 83.3 Å². The Hall–Kier alpha value is -3.53. The van der Waals surface area contributed by atoms with Crippen molar-refractivity contribution in [3.8, 4) is 11.3 Å². The predicted molar refractivity (Wildman–Crippen MR) is 131 cm³/mol. The van der Waals surface area contributed by atoms with E-state index in [0.29, 0.717) is 11.5 Å². The lowest BCUT2D eigenvalue weighted by Crippen LogP contribution is -2.07. The molecule has 1 fully saturated rings. The van der Waals surface area contributed by atoms with Crippen LogP contribution >= 0.6 is 0 Å². The van der Waals surface area contributed by atoms with Gasteiger partial charge in [-0.15, -0.1) is 0 Å². The Bertz CT molecular complexity index is 1370. The zero-order valence-corrected chi connectivity index (χ0v) is 18.8. The van der Waals surface area contributed by atoms with Crippen LogP contribution in [-0.2, 0) is 11.3 Å². The van der Waals surface area contributed by atoms with Crippen LogP contribution in [0, 0.1) is 0 Å². The number of nitrogens with zero attached hydrogens (tertiary/aromatic N) is 1. The molecular formula is C29H27NO3. The fraction of sp³-hybridized carbons (Fsp3) is 0.276. The van der Waals surface area contributed by atoms with Crippen LogP contribution in [0.25, 0.3) is 33.8 Å². The van der Waals surface area contributed by atoms with Crippen LogP contribution in [0.4, 0.5) is 0 Å². The number of aromatic nitrogens is 1. The number of allylic oxidation sites excluding steroid dienone is 1. The average Bonchev–Trinajstić information content (AvgIpc) is 3.47. The van der Waals surface area contributed by atoms with Crippen molar-refractivity contribution in [1.29, 1.82) is 0 Å². The summed E-state index contributed by atoms with van der Waals surface area (Å²) in [6, 6.07) is 16.8. The van der Waals surface area contributed by atoms with E-state index < -0.39 is 0 Å². The second-order valence-electron chi connectivity index (χ2n) is 9.18. The summed E-state index contributed by atoms with van der Waals surface area (Å²) < 4.78 is 12.9. The molecule has 4 heteroatoms. The Morgan fingerprint density at radius 3 is 2.70 bits per heavy atom. The summed E-state index contributed by atoms with van der Waals surface area (Å²) in [6.45, 7) is 0.720. The van der Waals surface area contributed by atoms with Crippen molar-refractivity contribution in [3.63, 3.8) is 0 Å². The van der Waals surface area contributed by atoms with Gasteiger partial charge in [0.05, 0.1) is 30.9 Å². The Labute approximate surface area is 193 Å². The summed E-state index contributed by atoms with van der Waals surface area (Å²) in [7, 11) is 1.44. The zero-order valence-electron chi connectivity index (χ0n) is 18.8. The van der Waals surface area contributed by atoms with Crippen molar-refractivity contribution < 1.29 is 13.9 Å². The first kappa shape index (κ1) is 20.1. The van der Waals surface area contributed by atoms with E-state index in [1.165, 1.54) is 72.6 Å². The monoisotopic (exact) mass is 437 g/mol. The molecule has 166 valence electrons. The standard InChI is InChI=1S/C29H27NO3/c1-32-29(31)21-11-12-25-26(16-21)30-17-23(22-13-14-33-18-22)15-20-9-5-6-10-24(20)28(30)27(25)19-7-3-2-4-8-19/h5-6,9-16,18-19H,2-4,7-8,17H2,1H3. The van der Waals surface area contributed by atoms with Gasteiger partial charge in [0, 0.05) is 28.6 Å². The largest absolute Gasteiger partial charge is 0.472 e. The van der Waals surface area contributed by atoms with E-state index in [-0.39, 0.29) is 5.97 Å². The van der Waals surface area contributed by atoms with E-state index in [9.17, 15) is 4.79 Å². The summed E-state index contributed by atoms with van der Waals surface area (Å²) in [5.41, 5.74) is 9.19. The number of ether oxygens (including phenoxy) is 1. The third-order valence-electron chi connectivity index (χ3n) is 7.30. The molecular weight excluding hydrogens is 410 g/mol. The highest BCUT2D eigenvalue weighted by Crippen LogP contribution is 2.47. The van der Waals surface area contributed by atoms with Crippen LogP contribution in [0.15, 0.2) is 65.5 Å². The lowest BCUT2D eigenvalue weighted by atomic mass is 9.81. The van der Waals surface area contributed by atoms with Crippen LogP contribution in [-0.4, -0.2) is 17.6 Å². The van der Waals surface area contributed by atoms with Gasteiger partial charge in [0.15, 0.2) is 0 Å². The molecule has 2 aliphatic rings. The maximum absolute atomic E-state index is 12.4. The van der Waals surface area contributed by atoms with Crippen molar-refractivity contribution >= 4 is 28.5 Å². The van der Waals surface area contributed by atoms with E-state index in [0.717, 1.165) is 17.6 Å². The van der Waals surface area contributed by atoms with E-state index in [1.54, 1.807) is 6.26 Å². The maximum atomic E-state index is 12.4. The van der Waals surface area contributed by atoms with Gasteiger partial charge in [-0.3, -0.25) is 0 Å². The molecule has 3 heterocycles. The summed E-state index contributed by atoms with van der Waals surface area (Å²) in [6.07, 6.45) is 12.1. The number of methoxy groups -OCH3 is 1. The Morgan fingerprint density at radius 2 is 1.91 bits per heavy atom. The molecule has 0 unspecified atom stereocenters. The molecule has 2 aromatic carbocycles. The molecule has 4 aromatic rings. The highest BCUT2D eigenvalue weighted by Gasteiger charge is 2.29. The lowest BCUT2D eigenvalue weighted by molar-refractivity contribution is 0.0601. The molecule has 0 amide bonds. The second-order valence-corrected chi connectivity index (χ2v) is 9.18. The normalized spacial score (nSPS) is 16.1. The molecule has 0 N–H and O–H groups in total. The van der Waals surface area contributed by atoms with Gasteiger partial charge in [-0.05, 0) is 59.7 Å². The van der Waals surface area contributed by atoms with Crippen molar-refractivity contribution in [2.24, 2.45) is 0 Å². The molecule has 1 aliphatic heterocycles. The van der Waals surface area contributed by atoms with E-state index in [4.69, 9.17) is 9.15 Å². The molecule has 1 saturated carbocycles. The van der Waals surface area contributed by atoms with E-state index >= 15 is 0 Å². The first-order valence-corrected chi connectivity index (χ1v) is 11.8. The topological polar surface area (TPSA) is 44.4 Å². The number of fused-ring (bicyclic) bond motifs is 5. The molecule has 0 bridgehead atoms. The van der Waals surface area contributed by atoms with E-state index in [2.05, 4.69) is 41.0 Å². The lowest BCUT2D eigenvalue weighted by Gasteiger charge is -2.24. The first-order valence-electron chi connectivity index (χ1n) is 11.8. The molecule has 2 aromatic heterocycles. The van der Waals surface area contributed by atoms with Crippen molar-refractivity contribution in [2.75, 3.05) is 7.11 Å². The molecule has 0 spiro atoms. The van der Waals surface area contributed by atoms with Crippen LogP contribution in [0.5, 0.6) is 0 Å². The molecule has 6 rings (SSSR count). The van der Waals surface area contributed by atoms with Gasteiger partial charge in [-0.1, -0.05) is 49.6 Å². The van der Waals surface area contributed by atoms with Gasteiger partial charge in [-0.2, -0.15) is 0 Å². The zero-order chi connectivity index (χ0) is 22.4. The van der Waals surface area contributed by atoms with Crippen LogP contribution < -0.4 is 0 Å². The van der Waals surface area contributed by atoms with Crippen LogP contribution in [0.3, 0.4) is 0 Å². The van der Waals surface area contributed by atoms with Gasteiger partial charge >= 0.3 is 5.97 Å². The minimum Gasteiger partial charge on any atom is -0.472 e. The highest BCUT2D eigenvalue weighted by atomic mass is 16.5. The molecule has 4 nitrogen and oxygen atoms in total. The van der Waals surface area contributed by atoms with Crippen molar-refractivity contribution in [1.82, 2.24) is 4.57 Å². The summed E-state index contributed by atoms with van der Waals surface area (Å²) in [5.74, 6) is 0.233. The van der Waals surface area contributed by atoms with Gasteiger partial charge in [-0.25, -0.2) is 4.79 Å². The van der Waals surface area contributed by atoms with Crippen molar-refractivity contribution in [2.45, 2.75) is 44.6 Å². The number of carbonyl (C=O) groups excluding carboxylic acids is 1. The Balaban J connectivity index is 1.67. The smallest absolute Gasteiger partial charge is 0.337 e. The minimum atomic E-state index is -0.300. The molecule has 0 saturated heterocycles. The van der Waals surface area contributed by atoms with E-state index in [1.807, 2.05) is 24.5 Å². The Morgan fingerprint density at radius 1 is 1.06 bits per heavy atom. The van der Waals surface area contributed by atoms with Crippen LogP contribution in [0.1, 0.15) is 65.1 Å². The van der Waals surface area contributed by atoms with Gasteiger partial charge < -0.3 is 13.7 Å². The molecule has 33 heavy (non-hydrogen) atoms. The molecule has 0 radical (unpaired) electrons. The number of hydrogen-bond donors (Lipinski definition) is 0. The Kier molecular flexibility index (Phi) is 4.94. The van der Waals surface area contributed by atoms with Gasteiger partial charge in [0.25, 0.3) is 0 Å². The second kappa shape index (κ2) is 8.11. The van der Waals surface area contributed by atoms with Gasteiger partial charge in [0.1, 0.15) is 0 Å². The number of carbonyl (C=O) groups is 1.